The first-order valence-corrected chi connectivity index (χ1v) is 8.62. The van der Waals surface area contributed by atoms with Crippen molar-refractivity contribution in [2.75, 3.05) is 0 Å². The quantitative estimate of drug-likeness (QED) is 0.359. The number of amides is 1. The van der Waals surface area contributed by atoms with Gasteiger partial charge < -0.3 is 15.3 Å². The summed E-state index contributed by atoms with van der Waals surface area (Å²) in [5, 5.41) is 16.1. The highest BCUT2D eigenvalue weighted by Crippen LogP contribution is 2.35. The van der Waals surface area contributed by atoms with Crippen LogP contribution in [0.4, 0.5) is 5.69 Å². The zero-order chi connectivity index (χ0) is 18.4. The summed E-state index contributed by atoms with van der Waals surface area (Å²) in [6.07, 6.45) is 0.604. The molecule has 0 saturated heterocycles. The van der Waals surface area contributed by atoms with Crippen molar-refractivity contribution in [3.8, 4) is 0 Å². The SMILES string of the molecule is O=C(N[C@H]1Cc2c([N+](=O)[O-])cc3[nH]c(=O)c(=O)[nH]c3c2C1)c1cccs1. The number of nitro benzene ring substituents is 1. The number of hydrogen-bond acceptors (Lipinski definition) is 6. The third-order valence-electron chi connectivity index (χ3n) is 4.40. The smallest absolute Gasteiger partial charge is 0.314 e. The van der Waals surface area contributed by atoms with E-state index in [1.807, 2.05) is 0 Å². The van der Waals surface area contributed by atoms with Gasteiger partial charge in [-0.05, 0) is 23.4 Å². The van der Waals surface area contributed by atoms with Gasteiger partial charge in [0, 0.05) is 24.1 Å². The van der Waals surface area contributed by atoms with E-state index < -0.39 is 16.0 Å². The van der Waals surface area contributed by atoms with Gasteiger partial charge in [0.1, 0.15) is 0 Å². The molecular formula is C16H12N4O5S. The highest BCUT2D eigenvalue weighted by Gasteiger charge is 2.32. The normalized spacial score (nSPS) is 15.8. The van der Waals surface area contributed by atoms with E-state index in [-0.39, 0.29) is 29.6 Å². The van der Waals surface area contributed by atoms with Crippen LogP contribution in [0.2, 0.25) is 0 Å². The zero-order valence-corrected chi connectivity index (χ0v) is 14.0. The topological polar surface area (TPSA) is 138 Å². The van der Waals surface area contributed by atoms with E-state index in [1.54, 1.807) is 17.5 Å². The summed E-state index contributed by atoms with van der Waals surface area (Å²) in [4.78, 5) is 51.8. The minimum absolute atomic E-state index is 0.136. The number of aromatic amines is 2. The Labute approximate surface area is 148 Å². The van der Waals surface area contributed by atoms with Gasteiger partial charge in [0.15, 0.2) is 0 Å². The third-order valence-corrected chi connectivity index (χ3v) is 5.27. The van der Waals surface area contributed by atoms with Gasteiger partial charge in [-0.15, -0.1) is 11.3 Å². The number of fused-ring (bicyclic) bond motifs is 3. The summed E-state index contributed by atoms with van der Waals surface area (Å²) in [7, 11) is 0. The van der Waals surface area contributed by atoms with Crippen molar-refractivity contribution in [2.24, 2.45) is 0 Å². The highest BCUT2D eigenvalue weighted by molar-refractivity contribution is 7.12. The molecule has 2 aromatic heterocycles. The molecule has 0 fully saturated rings. The molecule has 4 rings (SSSR count). The van der Waals surface area contributed by atoms with Crippen molar-refractivity contribution in [3.63, 3.8) is 0 Å². The van der Waals surface area contributed by atoms with Crippen molar-refractivity contribution in [1.29, 1.82) is 0 Å². The number of aromatic nitrogens is 2. The fourth-order valence-corrected chi connectivity index (χ4v) is 3.93. The second kappa shape index (κ2) is 5.92. The zero-order valence-electron chi connectivity index (χ0n) is 13.2. The number of hydrogen-bond donors (Lipinski definition) is 3. The van der Waals surface area contributed by atoms with E-state index in [4.69, 9.17) is 0 Å². The van der Waals surface area contributed by atoms with Crippen LogP contribution < -0.4 is 16.4 Å². The summed E-state index contributed by atoms with van der Waals surface area (Å²) < 4.78 is 0. The number of nitrogens with zero attached hydrogens (tertiary/aromatic N) is 1. The van der Waals surface area contributed by atoms with E-state index >= 15 is 0 Å². The number of H-pyrrole nitrogens is 2. The maximum atomic E-state index is 12.3. The summed E-state index contributed by atoms with van der Waals surface area (Å²) >= 11 is 1.30. The molecule has 0 unspecified atom stereocenters. The molecule has 1 atom stereocenters. The van der Waals surface area contributed by atoms with E-state index in [0.717, 1.165) is 0 Å². The molecule has 0 bridgehead atoms. The van der Waals surface area contributed by atoms with Crippen molar-refractivity contribution >= 4 is 34.0 Å². The molecule has 0 spiro atoms. The van der Waals surface area contributed by atoms with Gasteiger partial charge >= 0.3 is 11.1 Å². The molecule has 9 nitrogen and oxygen atoms in total. The molecule has 0 aliphatic heterocycles. The van der Waals surface area contributed by atoms with Gasteiger partial charge in [-0.25, -0.2) is 0 Å². The number of nitro groups is 1. The minimum Gasteiger partial charge on any atom is -0.348 e. The Morgan fingerprint density at radius 2 is 1.96 bits per heavy atom. The first kappa shape index (κ1) is 16.2. The molecule has 3 aromatic rings. The van der Waals surface area contributed by atoms with Crippen LogP contribution in [-0.2, 0) is 12.8 Å². The molecule has 10 heteroatoms. The van der Waals surface area contributed by atoms with E-state index in [1.165, 1.54) is 17.4 Å². The van der Waals surface area contributed by atoms with Gasteiger partial charge in [-0.3, -0.25) is 24.5 Å². The summed E-state index contributed by atoms with van der Waals surface area (Å²) in [6.45, 7) is 0. The second-order valence-electron chi connectivity index (χ2n) is 6.00. The number of rotatable bonds is 3. The van der Waals surface area contributed by atoms with Crippen molar-refractivity contribution in [1.82, 2.24) is 15.3 Å². The largest absolute Gasteiger partial charge is 0.348 e. The average Bonchev–Trinajstić information content (AvgIpc) is 3.24. The van der Waals surface area contributed by atoms with Gasteiger partial charge in [0.25, 0.3) is 11.6 Å². The molecule has 26 heavy (non-hydrogen) atoms. The van der Waals surface area contributed by atoms with Crippen LogP contribution in [0, 0.1) is 10.1 Å². The van der Waals surface area contributed by atoms with Crippen LogP contribution >= 0.6 is 11.3 Å². The number of carbonyl (C=O) groups is 1. The van der Waals surface area contributed by atoms with Crippen LogP contribution in [0.25, 0.3) is 11.0 Å². The second-order valence-corrected chi connectivity index (χ2v) is 6.94. The Morgan fingerprint density at radius 3 is 2.65 bits per heavy atom. The van der Waals surface area contributed by atoms with E-state index in [9.17, 15) is 24.5 Å². The molecule has 3 N–H and O–H groups in total. The summed E-state index contributed by atoms with van der Waals surface area (Å²) in [5.41, 5.74) is -0.232. The molecule has 0 radical (unpaired) electrons. The van der Waals surface area contributed by atoms with Crippen LogP contribution in [0.5, 0.6) is 0 Å². The van der Waals surface area contributed by atoms with Gasteiger partial charge in [-0.1, -0.05) is 6.07 Å². The van der Waals surface area contributed by atoms with Crippen LogP contribution in [0.1, 0.15) is 20.8 Å². The Morgan fingerprint density at radius 1 is 1.23 bits per heavy atom. The van der Waals surface area contributed by atoms with Crippen molar-refractivity contribution < 1.29 is 9.72 Å². The van der Waals surface area contributed by atoms with Crippen LogP contribution in [0.15, 0.2) is 33.2 Å². The van der Waals surface area contributed by atoms with Gasteiger partial charge in [-0.2, -0.15) is 0 Å². The molecule has 1 aromatic carbocycles. The number of nitrogens with one attached hydrogen (secondary N) is 3. The molecule has 2 heterocycles. The Kier molecular flexibility index (Phi) is 3.69. The minimum atomic E-state index is -0.868. The first-order chi connectivity index (χ1) is 12.4. The molecule has 1 aliphatic carbocycles. The van der Waals surface area contributed by atoms with Crippen molar-refractivity contribution in [2.45, 2.75) is 18.9 Å². The fourth-order valence-electron chi connectivity index (χ4n) is 3.30. The predicted octanol–water partition coefficient (Wildman–Crippen LogP) is 1.08. The standard InChI is InChI=1S/C16H12N4O5S/c21-14(12-2-1-3-26-12)17-7-4-8-9(5-7)13-10(6-11(8)20(24)25)18-15(22)16(23)19-13/h1-3,6-7H,4-5H2,(H,17,21)(H,18,22)(H,19,23)/t7-/m0/s1. The Hall–Kier alpha value is -3.27. The van der Waals surface area contributed by atoms with Gasteiger partial charge in [0.2, 0.25) is 0 Å². The van der Waals surface area contributed by atoms with Crippen LogP contribution in [0.3, 0.4) is 0 Å². The molecule has 1 amide bonds. The number of benzene rings is 1. The summed E-state index contributed by atoms with van der Waals surface area (Å²) in [6, 6.07) is 4.37. The average molecular weight is 372 g/mol. The number of carbonyl (C=O) groups excluding carboxylic acids is 1. The van der Waals surface area contributed by atoms with Gasteiger partial charge in [0.05, 0.1) is 20.8 Å². The Bertz CT molecular complexity index is 1160. The lowest BCUT2D eigenvalue weighted by atomic mass is 10.1. The first-order valence-electron chi connectivity index (χ1n) is 7.74. The monoisotopic (exact) mass is 372 g/mol. The lowest BCUT2D eigenvalue weighted by Crippen LogP contribution is -2.35. The maximum Gasteiger partial charge on any atom is 0.314 e. The molecule has 0 saturated carbocycles. The Balaban J connectivity index is 1.77. The molecule has 132 valence electrons. The fraction of sp³-hybridized carbons (Fsp3) is 0.188. The van der Waals surface area contributed by atoms with Crippen LogP contribution in [-0.4, -0.2) is 26.8 Å². The number of thiophene rings is 1. The van der Waals surface area contributed by atoms with E-state index in [2.05, 4.69) is 15.3 Å². The van der Waals surface area contributed by atoms with E-state index in [0.29, 0.717) is 27.9 Å². The third kappa shape index (κ3) is 2.60. The van der Waals surface area contributed by atoms with Crippen molar-refractivity contribution in [3.05, 3.63) is 70.4 Å². The molecular weight excluding hydrogens is 360 g/mol. The predicted molar refractivity (Wildman–Crippen MR) is 94.8 cm³/mol. The highest BCUT2D eigenvalue weighted by atomic mass is 32.1. The lowest BCUT2D eigenvalue weighted by molar-refractivity contribution is -0.385. The molecule has 1 aliphatic rings. The lowest BCUT2D eigenvalue weighted by Gasteiger charge is -2.10. The summed E-state index contributed by atoms with van der Waals surface area (Å²) in [5.74, 6) is -0.244. The maximum absolute atomic E-state index is 12.3.